The van der Waals surface area contributed by atoms with Crippen molar-refractivity contribution < 1.29 is 26.3 Å². The maximum Gasteiger partial charge on any atom is 0.322 e. The van der Waals surface area contributed by atoms with Crippen molar-refractivity contribution in [3.8, 4) is 0 Å². The number of halogens is 3. The number of anilines is 1. The van der Waals surface area contributed by atoms with Crippen LogP contribution in [0.25, 0.3) is 0 Å². The van der Waals surface area contributed by atoms with Gasteiger partial charge in [0.05, 0.1) is 33.2 Å². The van der Waals surface area contributed by atoms with Crippen LogP contribution in [0.15, 0.2) is 18.2 Å². The molecule has 23 heavy (non-hydrogen) atoms. The normalized spacial score (nSPS) is 21.3. The number of amides is 2. The van der Waals surface area contributed by atoms with Gasteiger partial charge >= 0.3 is 6.03 Å². The van der Waals surface area contributed by atoms with Crippen LogP contribution in [-0.4, -0.2) is 55.2 Å². The molecular weight excluding hydrogens is 401 g/mol. The first kappa shape index (κ1) is 20.6. The average Bonchev–Trinajstić information content (AvgIpc) is 2.60. The summed E-state index contributed by atoms with van der Waals surface area (Å²) in [5.74, 6) is 0. The molecule has 0 spiro atoms. The minimum atomic E-state index is -0.0803. The summed E-state index contributed by atoms with van der Waals surface area (Å²) in [7, 11) is 2.28. The maximum atomic E-state index is 12.4. The summed E-state index contributed by atoms with van der Waals surface area (Å²) in [5.41, 5.74) is 0.637. The molecule has 0 aromatic heterocycles. The fraction of sp³-hybridized carbons (Fsp3) is 0.562. The van der Waals surface area contributed by atoms with E-state index in [1.807, 2.05) is 4.90 Å². The molecule has 1 aromatic rings. The van der Waals surface area contributed by atoms with E-state index in [9.17, 15) is 4.79 Å². The van der Waals surface area contributed by atoms with Gasteiger partial charge in [-0.05, 0) is 24.6 Å². The minimum Gasteiger partial charge on any atom is -1.00 e. The molecule has 2 rings (SSSR count). The van der Waals surface area contributed by atoms with Gasteiger partial charge in [0.15, 0.2) is 0 Å². The first-order valence-electron chi connectivity index (χ1n) is 7.77. The van der Waals surface area contributed by atoms with Crippen molar-refractivity contribution in [1.29, 1.82) is 0 Å². The summed E-state index contributed by atoms with van der Waals surface area (Å²) in [6, 6.07) is 4.99. The molecule has 130 valence electrons. The van der Waals surface area contributed by atoms with E-state index in [0.717, 1.165) is 37.1 Å². The number of carbonyl (C=O) groups is 1. The molecule has 7 heteroatoms. The van der Waals surface area contributed by atoms with Gasteiger partial charge in [-0.1, -0.05) is 30.1 Å². The van der Waals surface area contributed by atoms with E-state index < -0.39 is 0 Å². The van der Waals surface area contributed by atoms with Crippen LogP contribution in [0.2, 0.25) is 10.0 Å². The van der Waals surface area contributed by atoms with E-state index in [-0.39, 0.29) is 23.0 Å². The van der Waals surface area contributed by atoms with Crippen molar-refractivity contribution in [1.82, 2.24) is 4.90 Å². The molecule has 1 unspecified atom stereocenters. The topological polar surface area (TPSA) is 32.3 Å². The van der Waals surface area contributed by atoms with Crippen molar-refractivity contribution in [2.45, 2.75) is 19.8 Å². The van der Waals surface area contributed by atoms with E-state index in [1.165, 1.54) is 13.0 Å². The number of rotatable bonds is 3. The highest BCUT2D eigenvalue weighted by Gasteiger charge is 2.27. The number of hydrogen-bond acceptors (Lipinski definition) is 1. The number of nitrogens with one attached hydrogen (secondary N) is 1. The van der Waals surface area contributed by atoms with Gasteiger partial charge in [0, 0.05) is 28.7 Å². The van der Waals surface area contributed by atoms with Crippen LogP contribution in [0.5, 0.6) is 0 Å². The van der Waals surface area contributed by atoms with Gasteiger partial charge in [-0.15, -0.1) is 0 Å². The zero-order valence-corrected chi connectivity index (χ0v) is 16.7. The van der Waals surface area contributed by atoms with E-state index >= 15 is 0 Å². The summed E-state index contributed by atoms with van der Waals surface area (Å²) < 4.78 is 1.04. The minimum absolute atomic E-state index is 0. The molecule has 1 aliphatic rings. The Morgan fingerprint density at radius 3 is 2.48 bits per heavy atom. The Morgan fingerprint density at radius 1 is 1.22 bits per heavy atom. The third-order valence-electron chi connectivity index (χ3n) is 4.20. The Hall–Kier alpha value is -0.490. The Bertz CT molecular complexity index is 524. The monoisotopic (exact) mass is 423 g/mol. The Kier molecular flexibility index (Phi) is 8.14. The number of benzene rings is 1. The maximum absolute atomic E-state index is 12.4. The molecule has 0 bridgehead atoms. The molecule has 1 aromatic carbocycles. The van der Waals surface area contributed by atoms with Crippen LogP contribution in [0.4, 0.5) is 10.5 Å². The number of carbonyl (C=O) groups excluding carboxylic acids is 1. The highest BCUT2D eigenvalue weighted by atomic mass is 79.9. The molecule has 1 fully saturated rings. The third-order valence-corrected chi connectivity index (χ3v) is 4.64. The van der Waals surface area contributed by atoms with Gasteiger partial charge in [0.2, 0.25) is 0 Å². The highest BCUT2D eigenvalue weighted by molar-refractivity contribution is 6.35. The standard InChI is InChI=1S/C16H23Cl2N3O.BrH/c1-3-7-21(2)8-4-5-20(6-9-21)16(22)19-15-11-13(17)10-14(18)12-15;/h10-12H,3-9H2,1-2H3;1H. The number of quaternary nitrogens is 1. The van der Waals surface area contributed by atoms with Crippen molar-refractivity contribution in [2.75, 3.05) is 45.1 Å². The lowest BCUT2D eigenvalue weighted by Crippen LogP contribution is -3.00. The molecule has 1 saturated heterocycles. The predicted molar refractivity (Wildman–Crippen MR) is 92.7 cm³/mol. The van der Waals surface area contributed by atoms with Gasteiger partial charge < -0.3 is 31.7 Å². The summed E-state index contributed by atoms with van der Waals surface area (Å²) in [6.45, 7) is 7.06. The largest absolute Gasteiger partial charge is 1.00 e. The smallest absolute Gasteiger partial charge is 0.322 e. The van der Waals surface area contributed by atoms with E-state index in [1.54, 1.807) is 18.2 Å². The molecular formula is C16H24BrCl2N3O. The van der Waals surface area contributed by atoms with Crippen LogP contribution in [0, 0.1) is 0 Å². The molecule has 0 radical (unpaired) electrons. The van der Waals surface area contributed by atoms with Crippen molar-refractivity contribution in [2.24, 2.45) is 0 Å². The number of likely N-dealkylation sites (N-methyl/N-ethyl adjacent to an activating group) is 1. The second-order valence-electron chi connectivity index (χ2n) is 6.22. The molecule has 0 aliphatic carbocycles. The summed E-state index contributed by atoms with van der Waals surface area (Å²) in [6.07, 6.45) is 2.20. The molecule has 1 aliphatic heterocycles. The fourth-order valence-electron chi connectivity index (χ4n) is 3.02. The first-order valence-corrected chi connectivity index (χ1v) is 8.53. The van der Waals surface area contributed by atoms with Crippen LogP contribution in [0.1, 0.15) is 19.8 Å². The lowest BCUT2D eigenvalue weighted by molar-refractivity contribution is -0.907. The third kappa shape index (κ3) is 6.14. The molecule has 1 N–H and O–H groups in total. The van der Waals surface area contributed by atoms with Gasteiger partial charge in [-0.25, -0.2) is 4.79 Å². The van der Waals surface area contributed by atoms with Crippen molar-refractivity contribution in [3.05, 3.63) is 28.2 Å². The van der Waals surface area contributed by atoms with Crippen molar-refractivity contribution in [3.63, 3.8) is 0 Å². The molecule has 0 saturated carbocycles. The van der Waals surface area contributed by atoms with E-state index in [0.29, 0.717) is 15.7 Å². The Labute approximate surface area is 159 Å². The van der Waals surface area contributed by atoms with Gasteiger partial charge in [0.25, 0.3) is 0 Å². The van der Waals surface area contributed by atoms with E-state index in [2.05, 4.69) is 19.3 Å². The molecule has 1 heterocycles. The lowest BCUT2D eigenvalue weighted by atomic mass is 10.3. The first-order chi connectivity index (χ1) is 10.4. The summed E-state index contributed by atoms with van der Waals surface area (Å²) >= 11 is 11.9. The highest BCUT2D eigenvalue weighted by Crippen LogP contribution is 2.23. The molecule has 2 amide bonds. The Balaban J connectivity index is 0.00000264. The van der Waals surface area contributed by atoms with Crippen LogP contribution in [-0.2, 0) is 0 Å². The van der Waals surface area contributed by atoms with Gasteiger partial charge in [-0.2, -0.15) is 0 Å². The predicted octanol–water partition coefficient (Wildman–Crippen LogP) is 1.09. The van der Waals surface area contributed by atoms with E-state index in [4.69, 9.17) is 23.2 Å². The van der Waals surface area contributed by atoms with Gasteiger partial charge in [-0.3, -0.25) is 0 Å². The summed E-state index contributed by atoms with van der Waals surface area (Å²) in [4.78, 5) is 14.3. The van der Waals surface area contributed by atoms with Crippen LogP contribution >= 0.6 is 23.2 Å². The molecule has 1 atom stereocenters. The quantitative estimate of drug-likeness (QED) is 0.723. The van der Waals surface area contributed by atoms with Crippen LogP contribution < -0.4 is 22.3 Å². The summed E-state index contributed by atoms with van der Waals surface area (Å²) in [5, 5.41) is 3.93. The zero-order valence-electron chi connectivity index (χ0n) is 13.6. The second-order valence-corrected chi connectivity index (χ2v) is 7.09. The number of nitrogens with zero attached hydrogens (tertiary/aromatic N) is 2. The van der Waals surface area contributed by atoms with Gasteiger partial charge in [0.1, 0.15) is 0 Å². The lowest BCUT2D eigenvalue weighted by Gasteiger charge is -2.33. The van der Waals surface area contributed by atoms with Crippen LogP contribution in [0.3, 0.4) is 0 Å². The number of hydrogen-bond donors (Lipinski definition) is 1. The second kappa shape index (κ2) is 9.11. The average molecular weight is 425 g/mol. The Morgan fingerprint density at radius 2 is 1.87 bits per heavy atom. The fourth-order valence-corrected chi connectivity index (χ4v) is 3.55. The SMILES string of the molecule is CCC[N+]1(C)CCCN(C(=O)Nc2cc(Cl)cc(Cl)c2)CC1.[Br-]. The van der Waals surface area contributed by atoms with Crippen molar-refractivity contribution >= 4 is 34.9 Å². The number of urea groups is 1. The molecule has 4 nitrogen and oxygen atoms in total. The zero-order chi connectivity index (χ0) is 16.2.